The smallest absolute Gasteiger partial charge is 0.408 e. The minimum atomic E-state index is -1.01. The molecule has 0 bridgehead atoms. The van der Waals surface area contributed by atoms with Gasteiger partial charge in [-0.05, 0) is 50.8 Å². The molecule has 8 nitrogen and oxygen atoms in total. The summed E-state index contributed by atoms with van der Waals surface area (Å²) in [7, 11) is 0. The standard InChI is InChI=1S/C25H39N3O5/c1-8-10-14-26-22(30)21(18-12-11-13-19(29)16-18)28(15-9-2)23(31)20(17(3)4)27-24(32)33-25(5,6)7/h9,11-13,16-17,20-21,29H,2,8,10,14-15H2,1,3-7H3,(H,26,30)(H,27,32). The Morgan fingerprint density at radius 2 is 1.91 bits per heavy atom. The fraction of sp³-hybridized carbons (Fsp3) is 0.560. The quantitative estimate of drug-likeness (QED) is 0.342. The van der Waals surface area contributed by atoms with Crippen molar-refractivity contribution >= 4 is 17.9 Å². The second kappa shape index (κ2) is 12.9. The van der Waals surface area contributed by atoms with E-state index < -0.39 is 29.7 Å². The van der Waals surface area contributed by atoms with Gasteiger partial charge in [-0.1, -0.05) is 45.4 Å². The van der Waals surface area contributed by atoms with Crippen molar-refractivity contribution in [2.24, 2.45) is 5.92 Å². The minimum absolute atomic E-state index is 0.0165. The first-order valence-electron chi connectivity index (χ1n) is 11.4. The number of unbranched alkanes of at least 4 members (excludes halogenated alkanes) is 1. The number of rotatable bonds is 11. The molecular formula is C25H39N3O5. The van der Waals surface area contributed by atoms with E-state index in [0.717, 1.165) is 12.8 Å². The highest BCUT2D eigenvalue weighted by molar-refractivity contribution is 5.92. The average Bonchev–Trinajstić information content (AvgIpc) is 2.70. The lowest BCUT2D eigenvalue weighted by atomic mass is 9.98. The van der Waals surface area contributed by atoms with E-state index in [9.17, 15) is 19.5 Å². The first-order chi connectivity index (χ1) is 15.4. The highest BCUT2D eigenvalue weighted by Gasteiger charge is 2.37. The average molecular weight is 462 g/mol. The molecule has 0 spiro atoms. The first-order valence-corrected chi connectivity index (χ1v) is 11.4. The third-order valence-corrected chi connectivity index (χ3v) is 4.79. The number of nitrogens with one attached hydrogen (secondary N) is 2. The molecule has 8 heteroatoms. The molecule has 1 aromatic rings. The van der Waals surface area contributed by atoms with Gasteiger partial charge in [0.1, 0.15) is 23.4 Å². The molecule has 3 amide bonds. The van der Waals surface area contributed by atoms with Crippen LogP contribution in [-0.2, 0) is 14.3 Å². The van der Waals surface area contributed by atoms with Gasteiger partial charge >= 0.3 is 6.09 Å². The van der Waals surface area contributed by atoms with Crippen molar-refractivity contribution in [3.8, 4) is 5.75 Å². The molecule has 1 aromatic carbocycles. The zero-order valence-electron chi connectivity index (χ0n) is 20.7. The largest absolute Gasteiger partial charge is 0.508 e. The van der Waals surface area contributed by atoms with E-state index >= 15 is 0 Å². The van der Waals surface area contributed by atoms with Gasteiger partial charge in [0.25, 0.3) is 0 Å². The van der Waals surface area contributed by atoms with Crippen LogP contribution in [-0.4, -0.2) is 52.6 Å². The van der Waals surface area contributed by atoms with Crippen molar-refractivity contribution in [3.63, 3.8) is 0 Å². The van der Waals surface area contributed by atoms with Gasteiger partial charge in [0.15, 0.2) is 0 Å². The van der Waals surface area contributed by atoms with Crippen molar-refractivity contribution < 1.29 is 24.2 Å². The molecule has 0 aliphatic carbocycles. The Labute approximate surface area is 197 Å². The summed E-state index contributed by atoms with van der Waals surface area (Å²) in [6.45, 7) is 15.1. The third-order valence-electron chi connectivity index (χ3n) is 4.79. The number of hydrogen-bond acceptors (Lipinski definition) is 5. The van der Waals surface area contributed by atoms with E-state index in [1.54, 1.807) is 46.8 Å². The Morgan fingerprint density at radius 3 is 2.42 bits per heavy atom. The summed E-state index contributed by atoms with van der Waals surface area (Å²) < 4.78 is 5.33. The molecule has 2 unspecified atom stereocenters. The van der Waals surface area contributed by atoms with Gasteiger partial charge in [-0.25, -0.2) is 4.79 Å². The number of carbonyl (C=O) groups is 3. The number of ether oxygens (including phenoxy) is 1. The van der Waals surface area contributed by atoms with Crippen LogP contribution in [0.5, 0.6) is 5.75 Å². The van der Waals surface area contributed by atoms with E-state index in [-0.39, 0.29) is 24.1 Å². The number of phenols is 1. The van der Waals surface area contributed by atoms with E-state index in [2.05, 4.69) is 17.2 Å². The Kier molecular flexibility index (Phi) is 10.9. The van der Waals surface area contributed by atoms with Gasteiger partial charge in [-0.15, -0.1) is 6.58 Å². The van der Waals surface area contributed by atoms with Gasteiger partial charge in [-0.2, -0.15) is 0 Å². The molecule has 0 aromatic heterocycles. The summed E-state index contributed by atoms with van der Waals surface area (Å²) in [4.78, 5) is 40.7. The number of phenolic OH excluding ortho intramolecular Hbond substituents is 1. The zero-order chi connectivity index (χ0) is 25.2. The predicted octanol–water partition coefficient (Wildman–Crippen LogP) is 3.91. The molecule has 3 N–H and O–H groups in total. The summed E-state index contributed by atoms with van der Waals surface area (Å²) in [6.07, 6.45) is 2.51. The number of aromatic hydroxyl groups is 1. The Hall–Kier alpha value is -3.03. The minimum Gasteiger partial charge on any atom is -0.508 e. The molecule has 0 saturated carbocycles. The van der Waals surface area contributed by atoms with Crippen molar-refractivity contribution in [1.29, 1.82) is 0 Å². The zero-order valence-corrected chi connectivity index (χ0v) is 20.7. The van der Waals surface area contributed by atoms with Crippen LogP contribution in [0.1, 0.15) is 66.0 Å². The lowest BCUT2D eigenvalue weighted by Crippen LogP contribution is -2.55. The molecule has 0 aliphatic rings. The first kappa shape index (κ1) is 28.0. The van der Waals surface area contributed by atoms with Crippen LogP contribution in [0.15, 0.2) is 36.9 Å². The molecule has 0 fully saturated rings. The highest BCUT2D eigenvalue weighted by atomic mass is 16.6. The maximum absolute atomic E-state index is 13.7. The third kappa shape index (κ3) is 9.16. The fourth-order valence-corrected chi connectivity index (χ4v) is 3.24. The van der Waals surface area contributed by atoms with Crippen molar-refractivity contribution in [2.45, 2.75) is 72.1 Å². The van der Waals surface area contributed by atoms with Crippen LogP contribution in [0.3, 0.4) is 0 Å². The second-order valence-electron chi connectivity index (χ2n) is 9.29. The highest BCUT2D eigenvalue weighted by Crippen LogP contribution is 2.26. The molecule has 2 atom stereocenters. The maximum atomic E-state index is 13.7. The van der Waals surface area contributed by atoms with Gasteiger partial charge in [0.05, 0.1) is 0 Å². The maximum Gasteiger partial charge on any atom is 0.408 e. The summed E-state index contributed by atoms with van der Waals surface area (Å²) >= 11 is 0. The molecule has 33 heavy (non-hydrogen) atoms. The van der Waals surface area contributed by atoms with Crippen LogP contribution in [0.2, 0.25) is 0 Å². The summed E-state index contributed by atoms with van der Waals surface area (Å²) in [6, 6.07) is 4.31. The topological polar surface area (TPSA) is 108 Å². The summed E-state index contributed by atoms with van der Waals surface area (Å²) in [5.74, 6) is -1.11. The molecule has 0 radical (unpaired) electrons. The van der Waals surface area contributed by atoms with Crippen molar-refractivity contribution in [2.75, 3.05) is 13.1 Å². The molecule has 184 valence electrons. The normalized spacial score (nSPS) is 13.1. The predicted molar refractivity (Wildman–Crippen MR) is 129 cm³/mol. The Bertz CT molecular complexity index is 817. The van der Waals surface area contributed by atoms with Crippen molar-refractivity contribution in [1.82, 2.24) is 15.5 Å². The lowest BCUT2D eigenvalue weighted by Gasteiger charge is -2.35. The van der Waals surface area contributed by atoms with Crippen LogP contribution < -0.4 is 10.6 Å². The second-order valence-corrected chi connectivity index (χ2v) is 9.29. The SMILES string of the molecule is C=CCN(C(=O)C(NC(=O)OC(C)(C)C)C(C)C)C(C(=O)NCCCC)c1cccc(O)c1. The molecule has 0 heterocycles. The van der Waals surface area contributed by atoms with E-state index in [4.69, 9.17) is 4.74 Å². The van der Waals surface area contributed by atoms with E-state index in [0.29, 0.717) is 12.1 Å². The number of benzene rings is 1. The Balaban J connectivity index is 3.35. The lowest BCUT2D eigenvalue weighted by molar-refractivity contribution is -0.142. The molecule has 0 saturated heterocycles. The fourth-order valence-electron chi connectivity index (χ4n) is 3.24. The van der Waals surface area contributed by atoms with Gasteiger partial charge < -0.3 is 25.4 Å². The summed E-state index contributed by atoms with van der Waals surface area (Å²) in [5, 5.41) is 15.5. The van der Waals surface area contributed by atoms with Crippen molar-refractivity contribution in [3.05, 3.63) is 42.5 Å². The molecule has 1 rings (SSSR count). The number of hydrogen-bond donors (Lipinski definition) is 3. The van der Waals surface area contributed by atoms with Gasteiger partial charge in [0.2, 0.25) is 11.8 Å². The molecule has 0 aliphatic heterocycles. The van der Waals surface area contributed by atoms with Crippen LogP contribution in [0, 0.1) is 5.92 Å². The molecular weight excluding hydrogens is 422 g/mol. The summed E-state index contributed by atoms with van der Waals surface area (Å²) in [5.41, 5.74) is -0.266. The monoisotopic (exact) mass is 461 g/mol. The number of nitrogens with zero attached hydrogens (tertiary/aromatic N) is 1. The van der Waals surface area contributed by atoms with Crippen LogP contribution in [0.25, 0.3) is 0 Å². The number of carbonyl (C=O) groups excluding carboxylic acids is 3. The number of amides is 3. The van der Waals surface area contributed by atoms with E-state index in [1.807, 2.05) is 6.92 Å². The van der Waals surface area contributed by atoms with Crippen LogP contribution >= 0.6 is 0 Å². The Morgan fingerprint density at radius 1 is 1.24 bits per heavy atom. The van der Waals surface area contributed by atoms with Gasteiger partial charge in [-0.3, -0.25) is 9.59 Å². The number of alkyl carbamates (subject to hydrolysis) is 1. The van der Waals surface area contributed by atoms with Gasteiger partial charge in [0, 0.05) is 13.1 Å². The van der Waals surface area contributed by atoms with Crippen LogP contribution in [0.4, 0.5) is 4.79 Å². The van der Waals surface area contributed by atoms with E-state index in [1.165, 1.54) is 23.1 Å².